The van der Waals surface area contributed by atoms with E-state index in [1.165, 1.54) is 25.1 Å². The minimum absolute atomic E-state index is 0.277. The van der Waals surface area contributed by atoms with Gasteiger partial charge < -0.3 is 19.9 Å². The lowest BCUT2D eigenvalue weighted by molar-refractivity contribution is -0.142. The van der Waals surface area contributed by atoms with E-state index in [0.29, 0.717) is 23.7 Å². The first-order chi connectivity index (χ1) is 12.4. The van der Waals surface area contributed by atoms with E-state index < -0.39 is 23.7 Å². The van der Waals surface area contributed by atoms with E-state index in [-0.39, 0.29) is 12.2 Å². The van der Waals surface area contributed by atoms with Crippen LogP contribution in [0.5, 0.6) is 11.5 Å². The molecule has 0 aliphatic rings. The highest BCUT2D eigenvalue weighted by Crippen LogP contribution is 2.26. The Morgan fingerprint density at radius 3 is 2.38 bits per heavy atom. The van der Waals surface area contributed by atoms with Gasteiger partial charge in [-0.05, 0) is 43.2 Å². The maximum Gasteiger partial charge on any atom is 0.330 e. The van der Waals surface area contributed by atoms with Crippen molar-refractivity contribution in [3.05, 3.63) is 59.4 Å². The van der Waals surface area contributed by atoms with Gasteiger partial charge in [0.25, 0.3) is 5.91 Å². The largest absolute Gasteiger partial charge is 0.490 e. The summed E-state index contributed by atoms with van der Waals surface area (Å²) in [6, 6.07) is 9.45. The molecule has 0 aliphatic carbocycles. The van der Waals surface area contributed by atoms with Crippen molar-refractivity contribution in [3.8, 4) is 11.5 Å². The quantitative estimate of drug-likeness (QED) is 0.755. The van der Waals surface area contributed by atoms with Crippen molar-refractivity contribution in [3.63, 3.8) is 0 Å². The molecule has 2 N–H and O–H groups in total. The van der Waals surface area contributed by atoms with Crippen molar-refractivity contribution in [1.82, 2.24) is 5.32 Å². The van der Waals surface area contributed by atoms with Crippen LogP contribution in [-0.2, 0) is 9.59 Å². The summed E-state index contributed by atoms with van der Waals surface area (Å²) in [4.78, 5) is 23.6. The minimum atomic E-state index is -1.30. The second-order valence-corrected chi connectivity index (χ2v) is 5.52. The van der Waals surface area contributed by atoms with Crippen LogP contribution >= 0.6 is 0 Å². The molecular weight excluding hydrogens is 341 g/mol. The zero-order valence-electron chi connectivity index (χ0n) is 14.5. The number of benzene rings is 2. The summed E-state index contributed by atoms with van der Waals surface area (Å²) in [5.74, 6) is -1.44. The number of ether oxygens (including phenoxy) is 2. The predicted octanol–water partition coefficient (Wildman–Crippen LogP) is 2.85. The first-order valence-corrected chi connectivity index (χ1v) is 8.05. The third-order valence-corrected chi connectivity index (χ3v) is 3.58. The van der Waals surface area contributed by atoms with E-state index in [0.717, 1.165) is 0 Å². The first kappa shape index (κ1) is 19.2. The molecule has 6 nitrogen and oxygen atoms in total. The Labute approximate surface area is 150 Å². The Bertz CT molecular complexity index is 793. The first-order valence-electron chi connectivity index (χ1n) is 8.05. The molecule has 0 bridgehead atoms. The standard InChI is InChI=1S/C19H20FNO5/c1-3-25-15-6-4-5-7-16(15)26-11-17(22)21-18(19(23)24)13-8-9-14(20)12(2)10-13/h4-10,18H,3,11H2,1-2H3,(H,21,22)(H,23,24). The molecule has 2 aromatic rings. The predicted molar refractivity (Wildman–Crippen MR) is 92.8 cm³/mol. The van der Waals surface area contributed by atoms with E-state index >= 15 is 0 Å². The third-order valence-electron chi connectivity index (χ3n) is 3.58. The van der Waals surface area contributed by atoms with Gasteiger partial charge in [-0.2, -0.15) is 0 Å². The number of rotatable bonds is 8. The molecule has 0 fully saturated rings. The van der Waals surface area contributed by atoms with Crippen molar-refractivity contribution >= 4 is 11.9 Å². The fourth-order valence-corrected chi connectivity index (χ4v) is 2.33. The SMILES string of the molecule is CCOc1ccccc1OCC(=O)NC(C(=O)O)c1ccc(F)c(C)c1. The number of hydrogen-bond acceptors (Lipinski definition) is 4. The fraction of sp³-hybridized carbons (Fsp3) is 0.263. The van der Waals surface area contributed by atoms with Crippen LogP contribution in [0.4, 0.5) is 4.39 Å². The minimum Gasteiger partial charge on any atom is -0.490 e. The van der Waals surface area contributed by atoms with Gasteiger partial charge in [-0.15, -0.1) is 0 Å². The number of aryl methyl sites for hydroxylation is 1. The number of nitrogens with one attached hydrogen (secondary N) is 1. The van der Waals surface area contributed by atoms with Crippen molar-refractivity contribution < 1.29 is 28.6 Å². The number of carboxylic acid groups (broad SMARTS) is 1. The van der Waals surface area contributed by atoms with Crippen molar-refractivity contribution in [2.75, 3.05) is 13.2 Å². The molecule has 0 spiro atoms. The molecule has 138 valence electrons. The fourth-order valence-electron chi connectivity index (χ4n) is 2.33. The molecule has 7 heteroatoms. The van der Waals surface area contributed by atoms with Crippen molar-refractivity contribution in [1.29, 1.82) is 0 Å². The molecular formula is C19H20FNO5. The van der Waals surface area contributed by atoms with Gasteiger partial charge in [-0.3, -0.25) is 4.79 Å². The number of hydrogen-bond donors (Lipinski definition) is 2. The third kappa shape index (κ3) is 4.95. The van der Waals surface area contributed by atoms with Crippen LogP contribution in [0, 0.1) is 12.7 Å². The van der Waals surface area contributed by atoms with E-state index in [9.17, 15) is 19.1 Å². The Morgan fingerprint density at radius 1 is 1.15 bits per heavy atom. The van der Waals surface area contributed by atoms with Crippen LogP contribution in [-0.4, -0.2) is 30.2 Å². The second-order valence-electron chi connectivity index (χ2n) is 5.52. The van der Waals surface area contributed by atoms with E-state index in [1.54, 1.807) is 24.3 Å². The highest BCUT2D eigenvalue weighted by atomic mass is 19.1. The van der Waals surface area contributed by atoms with E-state index in [2.05, 4.69) is 5.32 Å². The highest BCUT2D eigenvalue weighted by Gasteiger charge is 2.23. The Kier molecular flexibility index (Phi) is 6.54. The number of carbonyl (C=O) groups is 2. The van der Waals surface area contributed by atoms with Gasteiger partial charge in [0.15, 0.2) is 24.1 Å². The summed E-state index contributed by atoms with van der Waals surface area (Å²) in [6.45, 7) is 3.41. The molecule has 0 heterocycles. The van der Waals surface area contributed by atoms with Crippen LogP contribution < -0.4 is 14.8 Å². The maximum absolute atomic E-state index is 13.4. The number of para-hydroxylation sites is 2. The van der Waals surface area contributed by atoms with Gasteiger partial charge in [0.1, 0.15) is 5.82 Å². The normalized spacial score (nSPS) is 11.5. The molecule has 2 rings (SSSR count). The molecule has 0 aliphatic heterocycles. The molecule has 0 radical (unpaired) electrons. The van der Waals surface area contributed by atoms with E-state index in [1.807, 2.05) is 6.92 Å². The maximum atomic E-state index is 13.4. The summed E-state index contributed by atoms with van der Waals surface area (Å²) in [6.07, 6.45) is 0. The molecule has 0 saturated heterocycles. The molecule has 1 unspecified atom stereocenters. The summed E-state index contributed by atoms with van der Waals surface area (Å²) in [7, 11) is 0. The number of halogens is 1. The summed E-state index contributed by atoms with van der Waals surface area (Å²) < 4.78 is 24.2. The smallest absolute Gasteiger partial charge is 0.330 e. The topological polar surface area (TPSA) is 84.9 Å². The van der Waals surface area contributed by atoms with Crippen molar-refractivity contribution in [2.24, 2.45) is 0 Å². The van der Waals surface area contributed by atoms with Gasteiger partial charge in [0.2, 0.25) is 0 Å². The molecule has 0 saturated carbocycles. The van der Waals surface area contributed by atoms with Gasteiger partial charge >= 0.3 is 5.97 Å². The zero-order valence-corrected chi connectivity index (χ0v) is 14.5. The molecule has 1 amide bonds. The average Bonchev–Trinajstić information content (AvgIpc) is 2.61. The van der Waals surface area contributed by atoms with Gasteiger partial charge in [0, 0.05) is 0 Å². The molecule has 1 atom stereocenters. The zero-order chi connectivity index (χ0) is 19.1. The molecule has 0 aromatic heterocycles. The van der Waals surface area contributed by atoms with Gasteiger partial charge in [-0.1, -0.05) is 24.3 Å². The highest BCUT2D eigenvalue weighted by molar-refractivity contribution is 5.85. The van der Waals surface area contributed by atoms with Crippen molar-refractivity contribution in [2.45, 2.75) is 19.9 Å². The van der Waals surface area contributed by atoms with Crippen LogP contribution in [0.15, 0.2) is 42.5 Å². The van der Waals surface area contributed by atoms with Crippen LogP contribution in [0.25, 0.3) is 0 Å². The molecule has 2 aromatic carbocycles. The van der Waals surface area contributed by atoms with E-state index in [4.69, 9.17) is 9.47 Å². The lowest BCUT2D eigenvalue weighted by Crippen LogP contribution is -2.36. The number of carboxylic acids is 1. The Morgan fingerprint density at radius 2 is 1.81 bits per heavy atom. The Balaban J connectivity index is 2.04. The lowest BCUT2D eigenvalue weighted by atomic mass is 10.0. The van der Waals surface area contributed by atoms with Crippen LogP contribution in [0.1, 0.15) is 24.1 Å². The second kappa shape index (κ2) is 8.84. The summed E-state index contributed by atoms with van der Waals surface area (Å²) >= 11 is 0. The summed E-state index contributed by atoms with van der Waals surface area (Å²) in [5, 5.41) is 11.7. The number of carbonyl (C=O) groups excluding carboxylic acids is 1. The van der Waals surface area contributed by atoms with Gasteiger partial charge in [-0.25, -0.2) is 9.18 Å². The average molecular weight is 361 g/mol. The monoisotopic (exact) mass is 361 g/mol. The number of aliphatic carboxylic acids is 1. The Hall–Kier alpha value is -3.09. The molecule has 26 heavy (non-hydrogen) atoms. The number of amides is 1. The lowest BCUT2D eigenvalue weighted by Gasteiger charge is -2.16. The van der Waals surface area contributed by atoms with Crippen LogP contribution in [0.3, 0.4) is 0 Å². The van der Waals surface area contributed by atoms with Gasteiger partial charge in [0.05, 0.1) is 6.61 Å². The van der Waals surface area contributed by atoms with Crippen LogP contribution in [0.2, 0.25) is 0 Å². The summed E-state index contributed by atoms with van der Waals surface area (Å²) in [5.41, 5.74) is 0.573.